The highest BCUT2D eigenvalue weighted by molar-refractivity contribution is 5.38. The Labute approximate surface area is 95.1 Å². The van der Waals surface area contributed by atoms with Crippen LogP contribution in [0.4, 0.5) is 0 Å². The SMILES string of the molecule is Cc1cccc([O])c1COc1ccccc1. The lowest BCUT2D eigenvalue weighted by Gasteiger charge is -2.08. The second kappa shape index (κ2) is 4.71. The number of ether oxygens (including phenoxy) is 1. The van der Waals surface area contributed by atoms with E-state index in [0.717, 1.165) is 16.9 Å². The fraction of sp³-hybridized carbons (Fsp3) is 0.143. The Morgan fingerprint density at radius 3 is 2.44 bits per heavy atom. The van der Waals surface area contributed by atoms with Gasteiger partial charge in [-0.2, -0.15) is 0 Å². The molecule has 0 aliphatic rings. The standard InChI is InChI=1S/C14H13O2/c1-11-6-5-9-14(15)13(11)10-16-12-7-3-2-4-8-12/h2-9H,10H2,1H3. The molecule has 0 atom stereocenters. The molecule has 81 valence electrons. The third-order valence-corrected chi connectivity index (χ3v) is 2.49. The molecule has 0 N–H and O–H groups in total. The van der Waals surface area contributed by atoms with Crippen LogP contribution in [0.25, 0.3) is 0 Å². The first-order valence-corrected chi connectivity index (χ1v) is 5.21. The average molecular weight is 213 g/mol. The molecular formula is C14H13O2. The van der Waals surface area contributed by atoms with E-state index in [1.165, 1.54) is 0 Å². The molecule has 2 rings (SSSR count). The Morgan fingerprint density at radius 1 is 1.00 bits per heavy atom. The van der Waals surface area contributed by atoms with E-state index in [1.807, 2.05) is 43.3 Å². The van der Waals surface area contributed by atoms with Crippen molar-refractivity contribution < 1.29 is 9.84 Å². The molecule has 2 nitrogen and oxygen atoms in total. The average Bonchev–Trinajstić information content (AvgIpc) is 2.30. The first kappa shape index (κ1) is 10.6. The Balaban J connectivity index is 2.11. The molecule has 0 spiro atoms. The second-order valence-electron chi connectivity index (χ2n) is 3.65. The lowest BCUT2D eigenvalue weighted by Crippen LogP contribution is -1.97. The van der Waals surface area contributed by atoms with E-state index in [4.69, 9.17) is 4.74 Å². The monoisotopic (exact) mass is 213 g/mol. The van der Waals surface area contributed by atoms with Crippen LogP contribution in [0.3, 0.4) is 0 Å². The third kappa shape index (κ3) is 2.34. The van der Waals surface area contributed by atoms with Gasteiger partial charge in [0.25, 0.3) is 0 Å². The first-order chi connectivity index (χ1) is 7.77. The summed E-state index contributed by atoms with van der Waals surface area (Å²) in [7, 11) is 0. The van der Waals surface area contributed by atoms with Gasteiger partial charge in [-0.25, -0.2) is 0 Å². The minimum Gasteiger partial charge on any atom is -0.489 e. The van der Waals surface area contributed by atoms with Crippen molar-refractivity contribution >= 4 is 0 Å². The zero-order chi connectivity index (χ0) is 11.4. The highest BCUT2D eigenvalue weighted by Gasteiger charge is 2.06. The summed E-state index contributed by atoms with van der Waals surface area (Å²) < 4.78 is 5.55. The molecule has 0 amide bonds. The van der Waals surface area contributed by atoms with Crippen LogP contribution in [0.2, 0.25) is 0 Å². The maximum atomic E-state index is 11.6. The van der Waals surface area contributed by atoms with Crippen molar-refractivity contribution in [3.05, 3.63) is 59.7 Å². The molecule has 16 heavy (non-hydrogen) atoms. The third-order valence-electron chi connectivity index (χ3n) is 2.49. The number of hydrogen-bond donors (Lipinski definition) is 0. The van der Waals surface area contributed by atoms with Crippen LogP contribution in [-0.2, 0) is 11.7 Å². The lowest BCUT2D eigenvalue weighted by atomic mass is 10.1. The van der Waals surface area contributed by atoms with Gasteiger partial charge in [-0.3, -0.25) is 5.11 Å². The summed E-state index contributed by atoms with van der Waals surface area (Å²) in [6.45, 7) is 2.25. The van der Waals surface area contributed by atoms with Gasteiger partial charge >= 0.3 is 0 Å². The second-order valence-corrected chi connectivity index (χ2v) is 3.65. The van der Waals surface area contributed by atoms with Crippen molar-refractivity contribution in [1.29, 1.82) is 0 Å². The highest BCUT2D eigenvalue weighted by Crippen LogP contribution is 2.23. The minimum atomic E-state index is 0.0379. The maximum Gasteiger partial charge on any atom is 0.185 e. The van der Waals surface area contributed by atoms with Crippen molar-refractivity contribution in [1.82, 2.24) is 0 Å². The van der Waals surface area contributed by atoms with Crippen LogP contribution in [0.5, 0.6) is 11.5 Å². The maximum absolute atomic E-state index is 11.6. The van der Waals surface area contributed by atoms with E-state index < -0.39 is 0 Å². The zero-order valence-electron chi connectivity index (χ0n) is 9.14. The Kier molecular flexibility index (Phi) is 3.10. The zero-order valence-corrected chi connectivity index (χ0v) is 9.14. The molecule has 0 unspecified atom stereocenters. The van der Waals surface area contributed by atoms with Gasteiger partial charge in [0.05, 0.1) is 0 Å². The summed E-state index contributed by atoms with van der Waals surface area (Å²) in [5.41, 5.74) is 1.70. The molecule has 0 aromatic heterocycles. The molecule has 2 aromatic carbocycles. The summed E-state index contributed by atoms with van der Waals surface area (Å²) in [4.78, 5) is 0. The van der Waals surface area contributed by atoms with Gasteiger partial charge in [0.1, 0.15) is 12.4 Å². The van der Waals surface area contributed by atoms with E-state index in [-0.39, 0.29) is 5.75 Å². The molecule has 1 radical (unpaired) electrons. The van der Waals surface area contributed by atoms with Crippen molar-refractivity contribution in [3.63, 3.8) is 0 Å². The van der Waals surface area contributed by atoms with Crippen LogP contribution in [0.15, 0.2) is 48.5 Å². The molecule has 0 aliphatic heterocycles. The van der Waals surface area contributed by atoms with Gasteiger partial charge in [0, 0.05) is 5.56 Å². The Morgan fingerprint density at radius 2 is 1.75 bits per heavy atom. The molecule has 2 heteroatoms. The van der Waals surface area contributed by atoms with Crippen LogP contribution >= 0.6 is 0 Å². The minimum absolute atomic E-state index is 0.0379. The van der Waals surface area contributed by atoms with Crippen LogP contribution in [-0.4, -0.2) is 0 Å². The molecule has 0 bridgehead atoms. The fourth-order valence-corrected chi connectivity index (χ4v) is 1.53. The van der Waals surface area contributed by atoms with Crippen molar-refractivity contribution in [2.24, 2.45) is 0 Å². The molecule has 0 saturated heterocycles. The van der Waals surface area contributed by atoms with Gasteiger partial charge < -0.3 is 4.74 Å². The number of aryl methyl sites for hydroxylation is 1. The summed E-state index contributed by atoms with van der Waals surface area (Å²) >= 11 is 0. The van der Waals surface area contributed by atoms with E-state index in [9.17, 15) is 5.11 Å². The molecule has 0 fully saturated rings. The van der Waals surface area contributed by atoms with E-state index in [0.29, 0.717) is 6.61 Å². The summed E-state index contributed by atoms with van der Waals surface area (Å²) in [6.07, 6.45) is 0. The van der Waals surface area contributed by atoms with Crippen molar-refractivity contribution in [3.8, 4) is 11.5 Å². The van der Waals surface area contributed by atoms with E-state index in [2.05, 4.69) is 0 Å². The Hall–Kier alpha value is -1.96. The van der Waals surface area contributed by atoms with Gasteiger partial charge in [0.15, 0.2) is 5.75 Å². The predicted octanol–water partition coefficient (Wildman–Crippen LogP) is 3.72. The predicted molar refractivity (Wildman–Crippen MR) is 62.1 cm³/mol. The summed E-state index contributed by atoms with van der Waals surface area (Å²) in [6, 6.07) is 14.8. The normalized spacial score (nSPS) is 10.1. The number of rotatable bonds is 3. The van der Waals surface area contributed by atoms with E-state index in [1.54, 1.807) is 12.1 Å². The van der Waals surface area contributed by atoms with Crippen LogP contribution in [0, 0.1) is 6.92 Å². The van der Waals surface area contributed by atoms with E-state index >= 15 is 0 Å². The van der Waals surface area contributed by atoms with Gasteiger partial charge in [-0.05, 0) is 30.7 Å². The summed E-state index contributed by atoms with van der Waals surface area (Å²) in [5.74, 6) is 0.820. The molecular weight excluding hydrogens is 200 g/mol. The smallest absolute Gasteiger partial charge is 0.185 e. The Bertz CT molecular complexity index is 443. The largest absolute Gasteiger partial charge is 0.489 e. The number of hydrogen-bond acceptors (Lipinski definition) is 1. The van der Waals surface area contributed by atoms with Gasteiger partial charge in [0.2, 0.25) is 0 Å². The molecule has 2 aromatic rings. The summed E-state index contributed by atoms with van der Waals surface area (Å²) in [5, 5.41) is 11.6. The number of benzene rings is 2. The fourth-order valence-electron chi connectivity index (χ4n) is 1.53. The molecule has 0 heterocycles. The highest BCUT2D eigenvalue weighted by atomic mass is 16.5. The van der Waals surface area contributed by atoms with Crippen LogP contribution in [0.1, 0.15) is 11.1 Å². The topological polar surface area (TPSA) is 29.1 Å². The lowest BCUT2D eigenvalue weighted by molar-refractivity contribution is 0.285. The van der Waals surface area contributed by atoms with Gasteiger partial charge in [-0.1, -0.05) is 30.3 Å². The molecule has 0 saturated carbocycles. The van der Waals surface area contributed by atoms with Crippen molar-refractivity contribution in [2.75, 3.05) is 0 Å². The first-order valence-electron chi connectivity index (χ1n) is 5.21. The molecule has 0 aliphatic carbocycles. The number of para-hydroxylation sites is 1. The van der Waals surface area contributed by atoms with Crippen molar-refractivity contribution in [2.45, 2.75) is 13.5 Å². The van der Waals surface area contributed by atoms with Gasteiger partial charge in [-0.15, -0.1) is 0 Å². The quantitative estimate of drug-likeness (QED) is 0.764. The van der Waals surface area contributed by atoms with Crippen LogP contribution < -0.4 is 4.74 Å².